The maximum Gasteiger partial charge on any atom is 0.135 e. The van der Waals surface area contributed by atoms with E-state index in [9.17, 15) is 0 Å². The van der Waals surface area contributed by atoms with Crippen LogP contribution in [0.3, 0.4) is 0 Å². The Morgan fingerprint density at radius 3 is 1.73 bits per heavy atom. The SMILES string of the molecule is C1=C(c2ccccc2)CCC(n2c3ccccc3c3ccc4c5ccccc5n(-c5ccc(-c6ccc7oc8ccccc8c7c6)cc5)c4c32)=C1. The molecule has 0 atom stereocenters. The first-order chi connectivity index (χ1) is 25.3. The second kappa shape index (κ2) is 11.0. The van der Waals surface area contributed by atoms with Crippen molar-refractivity contribution >= 4 is 76.8 Å². The van der Waals surface area contributed by atoms with E-state index < -0.39 is 0 Å². The van der Waals surface area contributed by atoms with Crippen LogP contribution in [0.1, 0.15) is 18.4 Å². The fourth-order valence-electron chi connectivity index (χ4n) is 8.48. The van der Waals surface area contributed by atoms with Crippen LogP contribution in [-0.4, -0.2) is 9.13 Å². The van der Waals surface area contributed by atoms with Crippen LogP contribution in [-0.2, 0) is 0 Å². The first kappa shape index (κ1) is 28.3. The molecule has 0 unspecified atom stereocenters. The molecule has 0 amide bonds. The minimum absolute atomic E-state index is 0.918. The van der Waals surface area contributed by atoms with E-state index in [0.717, 1.165) is 40.5 Å². The largest absolute Gasteiger partial charge is 0.456 e. The van der Waals surface area contributed by atoms with Crippen molar-refractivity contribution in [2.24, 2.45) is 0 Å². The van der Waals surface area contributed by atoms with Crippen LogP contribution in [0.4, 0.5) is 0 Å². The van der Waals surface area contributed by atoms with Crippen molar-refractivity contribution in [3.05, 3.63) is 175 Å². The molecule has 0 spiro atoms. The van der Waals surface area contributed by atoms with Gasteiger partial charge in [0.1, 0.15) is 11.2 Å². The lowest BCUT2D eigenvalue weighted by molar-refractivity contribution is 0.669. The molecule has 51 heavy (non-hydrogen) atoms. The Bertz CT molecular complexity index is 3060. The molecule has 0 bridgehead atoms. The standard InChI is InChI=1S/C48H32N2O/c1-2-10-31(11-3-1)32-18-23-35(24-19-32)49-43-15-7-4-12-37(43)40-27-28-41-38-13-5-8-16-44(38)50(48(41)47(40)49)36-25-20-33(21-26-36)34-22-29-46-42(30-34)39-14-6-9-17-45(39)51-46/h1-18,20-23,25-30H,19,24H2. The minimum atomic E-state index is 0.918. The third-order valence-corrected chi connectivity index (χ3v) is 10.9. The van der Waals surface area contributed by atoms with Gasteiger partial charge in [-0.15, -0.1) is 0 Å². The van der Waals surface area contributed by atoms with Crippen LogP contribution < -0.4 is 0 Å². The molecule has 1 aliphatic rings. The zero-order valence-corrected chi connectivity index (χ0v) is 27.9. The van der Waals surface area contributed by atoms with Crippen LogP contribution in [0.2, 0.25) is 0 Å². The van der Waals surface area contributed by atoms with E-state index in [1.807, 2.05) is 12.1 Å². The normalized spacial score (nSPS) is 13.6. The number of allylic oxidation sites excluding steroid dienone is 4. The van der Waals surface area contributed by atoms with Crippen LogP contribution in [0, 0.1) is 0 Å². The highest BCUT2D eigenvalue weighted by Gasteiger charge is 2.22. The summed E-state index contributed by atoms with van der Waals surface area (Å²) in [6.07, 6.45) is 6.64. The van der Waals surface area contributed by atoms with Gasteiger partial charge in [0.15, 0.2) is 0 Å². The Labute approximate surface area is 294 Å². The zero-order valence-electron chi connectivity index (χ0n) is 27.9. The molecule has 0 saturated carbocycles. The molecule has 0 saturated heterocycles. The summed E-state index contributed by atoms with van der Waals surface area (Å²) in [5.41, 5.74) is 14.3. The number of fused-ring (bicyclic) bond motifs is 10. The van der Waals surface area contributed by atoms with E-state index >= 15 is 0 Å². The van der Waals surface area contributed by atoms with Gasteiger partial charge in [0.2, 0.25) is 0 Å². The van der Waals surface area contributed by atoms with Crippen molar-refractivity contribution in [2.45, 2.75) is 12.8 Å². The van der Waals surface area contributed by atoms with Gasteiger partial charge in [-0.2, -0.15) is 0 Å². The van der Waals surface area contributed by atoms with Crippen molar-refractivity contribution in [2.75, 3.05) is 0 Å². The molecule has 10 aromatic rings. The molecule has 7 aromatic carbocycles. The van der Waals surface area contributed by atoms with Crippen LogP contribution in [0.15, 0.2) is 174 Å². The third kappa shape index (κ3) is 4.25. The lowest BCUT2D eigenvalue weighted by Gasteiger charge is -2.19. The van der Waals surface area contributed by atoms with E-state index in [-0.39, 0.29) is 0 Å². The van der Waals surface area contributed by atoms with E-state index in [0.29, 0.717) is 0 Å². The molecule has 1 aliphatic carbocycles. The smallest absolute Gasteiger partial charge is 0.135 e. The average molecular weight is 653 g/mol. The summed E-state index contributed by atoms with van der Waals surface area (Å²) in [7, 11) is 0. The molecule has 11 rings (SSSR count). The minimum Gasteiger partial charge on any atom is -0.456 e. The number of benzene rings is 7. The lowest BCUT2D eigenvalue weighted by Crippen LogP contribution is -2.03. The summed E-state index contributed by atoms with van der Waals surface area (Å²) in [5, 5.41) is 7.38. The number of furan rings is 1. The second-order valence-corrected chi connectivity index (χ2v) is 13.6. The molecular weight excluding hydrogens is 621 g/mol. The topological polar surface area (TPSA) is 23.0 Å². The van der Waals surface area contributed by atoms with Gasteiger partial charge < -0.3 is 13.6 Å². The Kier molecular flexibility index (Phi) is 6.08. The summed E-state index contributed by atoms with van der Waals surface area (Å²) < 4.78 is 11.1. The number of nitrogens with zero attached hydrogens (tertiary/aromatic N) is 2. The lowest BCUT2D eigenvalue weighted by atomic mass is 9.96. The van der Waals surface area contributed by atoms with Gasteiger partial charge in [-0.25, -0.2) is 0 Å². The molecule has 3 nitrogen and oxygen atoms in total. The number of para-hydroxylation sites is 3. The number of hydrogen-bond donors (Lipinski definition) is 0. The van der Waals surface area contributed by atoms with Gasteiger partial charge >= 0.3 is 0 Å². The van der Waals surface area contributed by atoms with Crippen molar-refractivity contribution < 1.29 is 4.42 Å². The quantitative estimate of drug-likeness (QED) is 0.186. The first-order valence-electron chi connectivity index (χ1n) is 17.7. The first-order valence-corrected chi connectivity index (χ1v) is 17.7. The molecule has 3 aromatic heterocycles. The highest BCUT2D eigenvalue weighted by atomic mass is 16.3. The van der Waals surface area contributed by atoms with Gasteiger partial charge in [0.05, 0.1) is 22.1 Å². The second-order valence-electron chi connectivity index (χ2n) is 13.6. The summed E-state index contributed by atoms with van der Waals surface area (Å²) >= 11 is 0. The molecule has 240 valence electrons. The summed E-state index contributed by atoms with van der Waals surface area (Å²) in [5.74, 6) is 0. The van der Waals surface area contributed by atoms with E-state index in [1.165, 1.54) is 71.6 Å². The van der Waals surface area contributed by atoms with Crippen molar-refractivity contribution in [3.63, 3.8) is 0 Å². The highest BCUT2D eigenvalue weighted by Crippen LogP contribution is 2.43. The molecule has 3 heterocycles. The Balaban J connectivity index is 1.13. The predicted molar refractivity (Wildman–Crippen MR) is 214 cm³/mol. The van der Waals surface area contributed by atoms with Gasteiger partial charge in [0, 0.05) is 43.7 Å². The highest BCUT2D eigenvalue weighted by molar-refractivity contribution is 6.24. The Morgan fingerprint density at radius 1 is 0.392 bits per heavy atom. The zero-order chi connectivity index (χ0) is 33.5. The summed E-state index contributed by atoms with van der Waals surface area (Å²) in [6, 6.07) is 57.0. The van der Waals surface area contributed by atoms with E-state index in [1.54, 1.807) is 0 Å². The van der Waals surface area contributed by atoms with Crippen molar-refractivity contribution in [1.29, 1.82) is 0 Å². The maximum atomic E-state index is 6.12. The molecule has 0 radical (unpaired) electrons. The fourth-order valence-corrected chi connectivity index (χ4v) is 8.48. The molecule has 0 fully saturated rings. The van der Waals surface area contributed by atoms with Crippen molar-refractivity contribution in [3.8, 4) is 16.8 Å². The van der Waals surface area contributed by atoms with Crippen LogP contribution in [0.5, 0.6) is 0 Å². The predicted octanol–water partition coefficient (Wildman–Crippen LogP) is 13.2. The number of hydrogen-bond acceptors (Lipinski definition) is 1. The van der Waals surface area contributed by atoms with Gasteiger partial charge in [-0.05, 0) is 83.6 Å². The van der Waals surface area contributed by atoms with E-state index in [2.05, 4.69) is 167 Å². The third-order valence-electron chi connectivity index (χ3n) is 10.9. The summed E-state index contributed by atoms with van der Waals surface area (Å²) in [6.45, 7) is 0. The summed E-state index contributed by atoms with van der Waals surface area (Å²) in [4.78, 5) is 0. The maximum absolute atomic E-state index is 6.12. The van der Waals surface area contributed by atoms with Gasteiger partial charge in [-0.1, -0.05) is 121 Å². The molecular formula is C48H32N2O. The van der Waals surface area contributed by atoms with Crippen molar-refractivity contribution in [1.82, 2.24) is 9.13 Å². The molecule has 3 heteroatoms. The average Bonchev–Trinajstić information content (AvgIpc) is 3.86. The van der Waals surface area contributed by atoms with Gasteiger partial charge in [-0.3, -0.25) is 0 Å². The molecule has 0 aliphatic heterocycles. The van der Waals surface area contributed by atoms with Crippen LogP contribution >= 0.6 is 0 Å². The number of rotatable bonds is 4. The van der Waals surface area contributed by atoms with Crippen LogP contribution in [0.25, 0.3) is 93.6 Å². The number of aromatic nitrogens is 2. The van der Waals surface area contributed by atoms with E-state index in [4.69, 9.17) is 4.42 Å². The Hall–Kier alpha value is -6.58. The Morgan fingerprint density at radius 2 is 1.00 bits per heavy atom. The van der Waals surface area contributed by atoms with Gasteiger partial charge in [0.25, 0.3) is 0 Å². The monoisotopic (exact) mass is 652 g/mol. The fraction of sp³-hybridized carbons (Fsp3) is 0.0417. The molecule has 0 N–H and O–H groups in total.